The van der Waals surface area contributed by atoms with Gasteiger partial charge in [0.2, 0.25) is 0 Å². The molecule has 1 aliphatic rings. The van der Waals surface area contributed by atoms with Crippen LogP contribution in [0.1, 0.15) is 58.1 Å². The second-order valence-corrected chi connectivity index (χ2v) is 6.56. The first-order chi connectivity index (χ1) is 9.47. The molecule has 1 aromatic carbocycles. The Morgan fingerprint density at radius 1 is 1.20 bits per heavy atom. The summed E-state index contributed by atoms with van der Waals surface area (Å²) >= 11 is 0. The van der Waals surface area contributed by atoms with Crippen LogP contribution < -0.4 is 0 Å². The van der Waals surface area contributed by atoms with Crippen LogP contribution in [0.3, 0.4) is 0 Å². The fourth-order valence-electron chi connectivity index (χ4n) is 2.30. The maximum Gasteiger partial charge on any atom is 0.198 e. The van der Waals surface area contributed by atoms with Gasteiger partial charge in [-0.05, 0) is 41.9 Å². The van der Waals surface area contributed by atoms with Crippen LogP contribution in [-0.4, -0.2) is 12.9 Å². The fourth-order valence-corrected chi connectivity index (χ4v) is 2.30. The van der Waals surface area contributed by atoms with Gasteiger partial charge in [-0.1, -0.05) is 45.0 Å². The van der Waals surface area contributed by atoms with E-state index in [1.54, 1.807) is 0 Å². The lowest BCUT2D eigenvalue weighted by molar-refractivity contribution is -0.129. The molecule has 1 heterocycles. The predicted molar refractivity (Wildman–Crippen MR) is 83.5 cm³/mol. The van der Waals surface area contributed by atoms with Crippen LogP contribution in [0, 0.1) is 0 Å². The van der Waals surface area contributed by atoms with Gasteiger partial charge in [0.05, 0.1) is 12.9 Å². The van der Waals surface area contributed by atoms with Crippen LogP contribution in [0.2, 0.25) is 0 Å². The third-order valence-corrected chi connectivity index (χ3v) is 3.74. The predicted octanol–water partition coefficient (Wildman–Crippen LogP) is 4.89. The van der Waals surface area contributed by atoms with Crippen LogP contribution >= 0.6 is 0 Å². The molecule has 0 amide bonds. The first kappa shape index (κ1) is 15.1. The average Bonchev–Trinajstić information content (AvgIpc) is 2.45. The topological polar surface area (TPSA) is 18.5 Å². The van der Waals surface area contributed by atoms with Gasteiger partial charge in [-0.25, -0.2) is 0 Å². The molecule has 1 saturated heterocycles. The lowest BCUT2D eigenvalue weighted by atomic mass is 9.86. The van der Waals surface area contributed by atoms with Crippen molar-refractivity contribution in [2.24, 2.45) is 0 Å². The fraction of sp³-hybridized carbons (Fsp3) is 0.556. The summed E-state index contributed by atoms with van der Waals surface area (Å²) in [7, 11) is 0. The molecule has 1 aromatic rings. The Bertz CT molecular complexity index is 445. The van der Waals surface area contributed by atoms with Gasteiger partial charge in [0.15, 0.2) is 6.29 Å². The lowest BCUT2D eigenvalue weighted by Gasteiger charge is -2.22. The number of hydrogen-bond acceptors (Lipinski definition) is 2. The minimum atomic E-state index is -0.0625. The number of ether oxygens (including phenoxy) is 2. The Hall–Kier alpha value is -1.28. The van der Waals surface area contributed by atoms with Gasteiger partial charge in [0, 0.05) is 6.42 Å². The molecule has 20 heavy (non-hydrogen) atoms. The first-order valence-corrected chi connectivity index (χ1v) is 7.51. The summed E-state index contributed by atoms with van der Waals surface area (Å²) in [4.78, 5) is 0. The highest BCUT2D eigenvalue weighted by Crippen LogP contribution is 2.24. The van der Waals surface area contributed by atoms with Gasteiger partial charge < -0.3 is 9.47 Å². The third kappa shape index (κ3) is 4.11. The maximum atomic E-state index is 5.71. The molecule has 0 radical (unpaired) electrons. The largest absolute Gasteiger partial charge is 0.472 e. The molecule has 0 spiro atoms. The summed E-state index contributed by atoms with van der Waals surface area (Å²) in [6.45, 7) is 9.59. The highest BCUT2D eigenvalue weighted by atomic mass is 16.7. The molecule has 1 fully saturated rings. The Labute approximate surface area is 122 Å². The molecular formula is C18H26O2. The number of rotatable bonds is 3. The van der Waals surface area contributed by atoms with Crippen molar-refractivity contribution in [1.82, 2.24) is 0 Å². The van der Waals surface area contributed by atoms with Gasteiger partial charge >= 0.3 is 0 Å². The highest BCUT2D eigenvalue weighted by Gasteiger charge is 2.14. The molecule has 1 atom stereocenters. The zero-order chi connectivity index (χ0) is 14.6. The zero-order valence-electron chi connectivity index (χ0n) is 13.1. The van der Waals surface area contributed by atoms with E-state index in [0.29, 0.717) is 0 Å². The van der Waals surface area contributed by atoms with Crippen molar-refractivity contribution in [3.63, 3.8) is 0 Å². The van der Waals surface area contributed by atoms with Gasteiger partial charge in [-0.3, -0.25) is 0 Å². The van der Waals surface area contributed by atoms with Crippen molar-refractivity contribution in [1.29, 1.82) is 0 Å². The summed E-state index contributed by atoms with van der Waals surface area (Å²) in [5.74, 6) is 0. The van der Waals surface area contributed by atoms with E-state index >= 15 is 0 Å². The Morgan fingerprint density at radius 2 is 1.90 bits per heavy atom. The van der Waals surface area contributed by atoms with E-state index in [4.69, 9.17) is 9.47 Å². The van der Waals surface area contributed by atoms with Crippen LogP contribution in [-0.2, 0) is 14.9 Å². The molecule has 1 unspecified atom stereocenters. The number of hydrogen-bond donors (Lipinski definition) is 0. The molecule has 0 aliphatic carbocycles. The summed E-state index contributed by atoms with van der Waals surface area (Å²) in [5.41, 5.74) is 3.89. The Morgan fingerprint density at radius 3 is 2.45 bits per heavy atom. The van der Waals surface area contributed by atoms with Gasteiger partial charge in [0.25, 0.3) is 0 Å². The number of benzene rings is 1. The Kier molecular flexibility index (Phi) is 4.87. The Balaban J connectivity index is 1.99. The van der Waals surface area contributed by atoms with Gasteiger partial charge in [-0.2, -0.15) is 0 Å². The molecule has 0 saturated carbocycles. The van der Waals surface area contributed by atoms with Crippen molar-refractivity contribution in [2.45, 2.75) is 58.7 Å². The highest BCUT2D eigenvalue weighted by molar-refractivity contribution is 5.63. The quantitative estimate of drug-likeness (QED) is 0.731. The molecular weight excluding hydrogens is 248 g/mol. The van der Waals surface area contributed by atoms with Crippen molar-refractivity contribution in [3.05, 3.63) is 41.7 Å². The standard InChI is InChI=1S/C18H26O2/c1-14(13-20-17-7-5-6-12-19-17)15-8-10-16(11-9-15)18(2,3)4/h8-11,13,17H,5-7,12H2,1-4H3/b14-13+. The molecule has 2 nitrogen and oxygen atoms in total. The van der Waals surface area contributed by atoms with Crippen LogP contribution in [0.4, 0.5) is 0 Å². The van der Waals surface area contributed by atoms with Crippen molar-refractivity contribution < 1.29 is 9.47 Å². The van der Waals surface area contributed by atoms with E-state index in [1.165, 1.54) is 17.5 Å². The smallest absolute Gasteiger partial charge is 0.198 e. The second kappa shape index (κ2) is 6.45. The van der Waals surface area contributed by atoms with Crippen LogP contribution in [0.5, 0.6) is 0 Å². The summed E-state index contributed by atoms with van der Waals surface area (Å²) in [6, 6.07) is 8.72. The van der Waals surface area contributed by atoms with Crippen molar-refractivity contribution >= 4 is 5.57 Å². The van der Waals surface area contributed by atoms with E-state index < -0.39 is 0 Å². The molecule has 2 heteroatoms. The molecule has 2 rings (SSSR count). The summed E-state index contributed by atoms with van der Waals surface area (Å²) in [5, 5.41) is 0. The average molecular weight is 274 g/mol. The normalized spacial score (nSPS) is 20.8. The first-order valence-electron chi connectivity index (χ1n) is 7.51. The van der Waals surface area contributed by atoms with E-state index in [9.17, 15) is 0 Å². The molecule has 0 aromatic heterocycles. The SMILES string of the molecule is C/C(=C\OC1CCCCO1)c1ccc(C(C)(C)C)cc1. The molecule has 0 N–H and O–H groups in total. The number of allylic oxidation sites excluding steroid dienone is 1. The van der Waals surface area contributed by atoms with Crippen LogP contribution in [0.25, 0.3) is 5.57 Å². The second-order valence-electron chi connectivity index (χ2n) is 6.56. The summed E-state index contributed by atoms with van der Waals surface area (Å²) in [6.07, 6.45) is 5.11. The van der Waals surface area contributed by atoms with E-state index in [2.05, 4.69) is 52.0 Å². The molecule has 0 bridgehead atoms. The van der Waals surface area contributed by atoms with Crippen molar-refractivity contribution in [3.8, 4) is 0 Å². The zero-order valence-corrected chi connectivity index (χ0v) is 13.1. The van der Waals surface area contributed by atoms with Gasteiger partial charge in [-0.15, -0.1) is 0 Å². The third-order valence-electron chi connectivity index (χ3n) is 3.74. The maximum absolute atomic E-state index is 5.71. The molecule has 110 valence electrons. The monoisotopic (exact) mass is 274 g/mol. The minimum Gasteiger partial charge on any atom is -0.472 e. The summed E-state index contributed by atoms with van der Waals surface area (Å²) < 4.78 is 11.3. The van der Waals surface area contributed by atoms with E-state index in [-0.39, 0.29) is 11.7 Å². The van der Waals surface area contributed by atoms with Gasteiger partial charge in [0.1, 0.15) is 0 Å². The molecule has 1 aliphatic heterocycles. The van der Waals surface area contributed by atoms with Crippen molar-refractivity contribution in [2.75, 3.05) is 6.61 Å². The lowest BCUT2D eigenvalue weighted by Crippen LogP contribution is -2.20. The van der Waals surface area contributed by atoms with E-state index in [1.807, 2.05) is 6.26 Å². The van der Waals surface area contributed by atoms with Crippen LogP contribution in [0.15, 0.2) is 30.5 Å². The minimum absolute atomic E-state index is 0.0625. The van der Waals surface area contributed by atoms with E-state index in [0.717, 1.165) is 25.0 Å².